The van der Waals surface area contributed by atoms with Crippen LogP contribution in [0.1, 0.15) is 10.4 Å². The van der Waals surface area contributed by atoms with Gasteiger partial charge in [0.15, 0.2) is 11.5 Å². The van der Waals surface area contributed by atoms with E-state index in [1.54, 1.807) is 0 Å². The van der Waals surface area contributed by atoms with E-state index in [-0.39, 0.29) is 35.2 Å². The Labute approximate surface area is 102 Å². The fraction of sp³-hybridized carbons (Fsp3) is 0.222. The highest BCUT2D eigenvalue weighted by Gasteiger charge is 2.24. The number of fused-ring (bicyclic) bond motifs is 1. The Morgan fingerprint density at radius 3 is 2.53 bits per heavy atom. The minimum Gasteiger partial charge on any atom is -0.486 e. The highest BCUT2D eigenvalue weighted by molar-refractivity contribution is 8.13. The molecule has 17 heavy (non-hydrogen) atoms. The van der Waals surface area contributed by atoms with Crippen LogP contribution in [0.15, 0.2) is 17.0 Å². The molecule has 92 valence electrons. The number of nitrogens with two attached hydrogens (primary N) is 1. The Morgan fingerprint density at radius 2 is 1.94 bits per heavy atom. The molecule has 0 atom stereocenters. The van der Waals surface area contributed by atoms with E-state index in [2.05, 4.69) is 0 Å². The molecule has 1 aromatic rings. The summed E-state index contributed by atoms with van der Waals surface area (Å²) in [5.74, 6) is -0.520. The smallest absolute Gasteiger partial charge is 0.261 e. The van der Waals surface area contributed by atoms with Crippen LogP contribution in [0, 0.1) is 0 Å². The van der Waals surface area contributed by atoms with E-state index in [0.29, 0.717) is 0 Å². The number of hydrogen-bond donors (Lipinski definition) is 1. The van der Waals surface area contributed by atoms with Crippen LogP contribution < -0.4 is 15.2 Å². The van der Waals surface area contributed by atoms with Crippen molar-refractivity contribution in [3.05, 3.63) is 17.7 Å². The van der Waals surface area contributed by atoms with Crippen LogP contribution in [0.5, 0.6) is 11.5 Å². The highest BCUT2D eigenvalue weighted by Crippen LogP contribution is 2.37. The van der Waals surface area contributed by atoms with Gasteiger partial charge in [-0.1, -0.05) is 0 Å². The standard InChI is InChI=1S/C9H8ClNO5S/c10-17(13,14)5-3-6(9(11)12)8-7(4-5)15-1-2-16-8/h3-4H,1-2H2,(H2,11,12). The minimum atomic E-state index is -3.96. The third-order valence-electron chi connectivity index (χ3n) is 2.16. The number of hydrogen-bond acceptors (Lipinski definition) is 5. The number of carbonyl (C=O) groups is 1. The summed E-state index contributed by atoms with van der Waals surface area (Å²) in [5.41, 5.74) is 5.07. The summed E-state index contributed by atoms with van der Waals surface area (Å²) in [6.07, 6.45) is 0. The molecule has 0 bridgehead atoms. The summed E-state index contributed by atoms with van der Waals surface area (Å²) in [6.45, 7) is 0.525. The van der Waals surface area contributed by atoms with E-state index < -0.39 is 15.0 Å². The average Bonchev–Trinajstić information content (AvgIpc) is 2.26. The van der Waals surface area contributed by atoms with Gasteiger partial charge in [-0.3, -0.25) is 4.79 Å². The maximum absolute atomic E-state index is 11.2. The molecule has 0 saturated carbocycles. The first-order valence-corrected chi connectivity index (χ1v) is 6.88. The minimum absolute atomic E-state index is 0.0681. The molecule has 2 rings (SSSR count). The Kier molecular flexibility index (Phi) is 2.88. The highest BCUT2D eigenvalue weighted by atomic mass is 35.7. The lowest BCUT2D eigenvalue weighted by Gasteiger charge is -2.20. The molecule has 0 aromatic heterocycles. The van der Waals surface area contributed by atoms with Gasteiger partial charge in [-0.2, -0.15) is 0 Å². The van der Waals surface area contributed by atoms with Crippen molar-refractivity contribution in [1.82, 2.24) is 0 Å². The first-order chi connectivity index (χ1) is 7.89. The number of rotatable bonds is 2. The predicted octanol–water partition coefficient (Wildman–Crippen LogP) is 0.484. The summed E-state index contributed by atoms with van der Waals surface area (Å²) in [6, 6.07) is 2.27. The predicted molar refractivity (Wildman–Crippen MR) is 59.0 cm³/mol. The van der Waals surface area contributed by atoms with E-state index in [0.717, 1.165) is 6.07 Å². The molecule has 0 fully saturated rings. The fourth-order valence-electron chi connectivity index (χ4n) is 1.45. The van der Waals surface area contributed by atoms with E-state index >= 15 is 0 Å². The lowest BCUT2D eigenvalue weighted by Crippen LogP contribution is -2.21. The van der Waals surface area contributed by atoms with E-state index in [1.807, 2.05) is 0 Å². The number of ether oxygens (including phenoxy) is 2. The van der Waals surface area contributed by atoms with Crippen molar-refractivity contribution in [2.75, 3.05) is 13.2 Å². The topological polar surface area (TPSA) is 95.7 Å². The third-order valence-corrected chi connectivity index (χ3v) is 3.50. The van der Waals surface area contributed by atoms with Crippen LogP contribution in [0.25, 0.3) is 0 Å². The normalized spacial score (nSPS) is 14.4. The van der Waals surface area contributed by atoms with Crippen molar-refractivity contribution in [3.63, 3.8) is 0 Å². The SMILES string of the molecule is NC(=O)c1cc(S(=O)(=O)Cl)cc2c1OCCO2. The maximum Gasteiger partial charge on any atom is 0.261 e. The van der Waals surface area contributed by atoms with Gasteiger partial charge < -0.3 is 15.2 Å². The molecule has 0 unspecified atom stereocenters. The lowest BCUT2D eigenvalue weighted by atomic mass is 10.1. The molecule has 0 saturated heterocycles. The number of halogens is 1. The van der Waals surface area contributed by atoms with Crippen LogP contribution in [-0.2, 0) is 9.05 Å². The Morgan fingerprint density at radius 1 is 1.29 bits per heavy atom. The Bertz CT molecular complexity index is 583. The molecule has 0 aliphatic carbocycles. The van der Waals surface area contributed by atoms with Gasteiger partial charge in [0.25, 0.3) is 15.0 Å². The number of amides is 1. The van der Waals surface area contributed by atoms with Crippen molar-refractivity contribution in [1.29, 1.82) is 0 Å². The zero-order valence-corrected chi connectivity index (χ0v) is 10.0. The summed E-state index contributed by atoms with van der Waals surface area (Å²) in [5, 5.41) is 0. The molecule has 1 aliphatic heterocycles. The second kappa shape index (κ2) is 4.08. The largest absolute Gasteiger partial charge is 0.486 e. The number of benzene rings is 1. The van der Waals surface area contributed by atoms with Crippen molar-refractivity contribution in [3.8, 4) is 11.5 Å². The molecule has 1 aromatic carbocycles. The van der Waals surface area contributed by atoms with Gasteiger partial charge >= 0.3 is 0 Å². The third kappa shape index (κ3) is 2.29. The molecular formula is C9H8ClNO5S. The van der Waals surface area contributed by atoms with Gasteiger partial charge in [-0.25, -0.2) is 8.42 Å². The molecule has 0 radical (unpaired) electrons. The molecule has 1 heterocycles. The van der Waals surface area contributed by atoms with E-state index in [1.165, 1.54) is 6.07 Å². The molecule has 6 nitrogen and oxygen atoms in total. The fourth-order valence-corrected chi connectivity index (χ4v) is 2.23. The summed E-state index contributed by atoms with van der Waals surface area (Å²) < 4.78 is 32.8. The Hall–Kier alpha value is -1.47. The van der Waals surface area contributed by atoms with Crippen LogP contribution in [0.4, 0.5) is 0 Å². The first-order valence-electron chi connectivity index (χ1n) is 4.57. The Balaban J connectivity index is 2.69. The van der Waals surface area contributed by atoms with Gasteiger partial charge in [0, 0.05) is 16.7 Å². The van der Waals surface area contributed by atoms with Crippen molar-refractivity contribution in [2.45, 2.75) is 4.90 Å². The zero-order valence-electron chi connectivity index (χ0n) is 8.47. The molecule has 0 spiro atoms. The van der Waals surface area contributed by atoms with Crippen molar-refractivity contribution >= 4 is 25.6 Å². The molecule has 1 aliphatic rings. The van der Waals surface area contributed by atoms with Crippen LogP contribution in [0.2, 0.25) is 0 Å². The second-order valence-electron chi connectivity index (χ2n) is 3.30. The monoisotopic (exact) mass is 277 g/mol. The van der Waals surface area contributed by atoms with Crippen molar-refractivity contribution in [2.24, 2.45) is 5.73 Å². The zero-order chi connectivity index (χ0) is 12.6. The molecule has 2 N–H and O–H groups in total. The van der Waals surface area contributed by atoms with E-state index in [4.69, 9.17) is 25.9 Å². The number of carbonyl (C=O) groups excluding carboxylic acids is 1. The summed E-state index contributed by atoms with van der Waals surface area (Å²) in [7, 11) is 1.24. The van der Waals surface area contributed by atoms with Crippen LogP contribution in [-0.4, -0.2) is 27.5 Å². The van der Waals surface area contributed by atoms with Gasteiger partial charge in [0.2, 0.25) is 0 Å². The van der Waals surface area contributed by atoms with Gasteiger partial charge in [0.1, 0.15) is 13.2 Å². The average molecular weight is 278 g/mol. The van der Waals surface area contributed by atoms with Crippen LogP contribution in [0.3, 0.4) is 0 Å². The van der Waals surface area contributed by atoms with Gasteiger partial charge in [-0.15, -0.1) is 0 Å². The van der Waals surface area contributed by atoms with Crippen LogP contribution >= 0.6 is 10.7 Å². The second-order valence-corrected chi connectivity index (χ2v) is 5.86. The molecule has 8 heteroatoms. The first kappa shape index (κ1) is 12.0. The van der Waals surface area contributed by atoms with Gasteiger partial charge in [-0.05, 0) is 6.07 Å². The van der Waals surface area contributed by atoms with Gasteiger partial charge in [0.05, 0.1) is 10.5 Å². The number of primary amides is 1. The van der Waals surface area contributed by atoms with E-state index in [9.17, 15) is 13.2 Å². The lowest BCUT2D eigenvalue weighted by molar-refractivity contribution is 0.0988. The maximum atomic E-state index is 11.2. The molecular weight excluding hydrogens is 270 g/mol. The van der Waals surface area contributed by atoms with Crippen molar-refractivity contribution < 1.29 is 22.7 Å². The summed E-state index contributed by atoms with van der Waals surface area (Å²) in [4.78, 5) is 10.9. The summed E-state index contributed by atoms with van der Waals surface area (Å²) >= 11 is 0. The quantitative estimate of drug-likeness (QED) is 0.794. The molecule has 1 amide bonds.